The van der Waals surface area contributed by atoms with Crippen molar-refractivity contribution in [2.75, 3.05) is 5.75 Å². The van der Waals surface area contributed by atoms with Crippen molar-refractivity contribution < 1.29 is 9.90 Å². The third kappa shape index (κ3) is 2.25. The molecule has 0 aliphatic heterocycles. The van der Waals surface area contributed by atoms with E-state index in [0.29, 0.717) is 5.16 Å². The number of imidazole rings is 1. The summed E-state index contributed by atoms with van der Waals surface area (Å²) in [4.78, 5) is 14.6. The predicted molar refractivity (Wildman–Crippen MR) is 58.7 cm³/mol. The molecule has 1 N–H and O–H groups in total. The second-order valence-corrected chi connectivity index (χ2v) is 4.08. The van der Waals surface area contributed by atoms with Crippen LogP contribution in [0.5, 0.6) is 0 Å². The molecule has 2 rings (SSSR count). The molecule has 2 aromatic rings. The number of carboxylic acid groups (broad SMARTS) is 1. The number of thioether (sulfide) groups is 1. The molecule has 84 valence electrons. The van der Waals surface area contributed by atoms with Crippen molar-refractivity contribution in [1.82, 2.24) is 19.3 Å². The molecule has 0 saturated heterocycles. The Hall–Kier alpha value is -1.76. The molecule has 0 saturated carbocycles. The van der Waals surface area contributed by atoms with E-state index in [9.17, 15) is 4.79 Å². The molecule has 2 aromatic heterocycles. The van der Waals surface area contributed by atoms with E-state index in [1.165, 1.54) is 11.8 Å². The molecule has 16 heavy (non-hydrogen) atoms. The van der Waals surface area contributed by atoms with Crippen molar-refractivity contribution in [1.29, 1.82) is 0 Å². The van der Waals surface area contributed by atoms with E-state index in [2.05, 4.69) is 10.1 Å². The first kappa shape index (κ1) is 10.7. The zero-order valence-corrected chi connectivity index (χ0v) is 9.39. The molecular formula is C9H10N4O2S. The van der Waals surface area contributed by atoms with Crippen molar-refractivity contribution in [2.24, 2.45) is 7.05 Å². The average molecular weight is 238 g/mol. The highest BCUT2D eigenvalue weighted by molar-refractivity contribution is 7.99. The third-order valence-electron chi connectivity index (χ3n) is 1.90. The first-order valence-electron chi connectivity index (χ1n) is 4.54. The number of nitrogens with zero attached hydrogens (tertiary/aromatic N) is 4. The summed E-state index contributed by atoms with van der Waals surface area (Å²) in [6, 6.07) is 0. The minimum Gasteiger partial charge on any atom is -0.481 e. The molecule has 0 aromatic carbocycles. The molecule has 0 amide bonds. The number of aromatic nitrogens is 4. The van der Waals surface area contributed by atoms with Gasteiger partial charge in [0.2, 0.25) is 0 Å². The first-order valence-corrected chi connectivity index (χ1v) is 5.52. The maximum atomic E-state index is 10.5. The molecule has 0 aliphatic carbocycles. The summed E-state index contributed by atoms with van der Waals surface area (Å²) in [6.45, 7) is 0. The highest BCUT2D eigenvalue weighted by atomic mass is 32.2. The standard InChI is InChI=1S/C9H10N4O2S/c1-12-5-7(4-11-12)13-3-2-10-9(13)16-6-8(14)15/h2-5H,6H2,1H3,(H,14,15). The van der Waals surface area contributed by atoms with Crippen molar-refractivity contribution in [2.45, 2.75) is 5.16 Å². The van der Waals surface area contributed by atoms with Crippen LogP contribution >= 0.6 is 11.8 Å². The Labute approximate surface area is 95.9 Å². The maximum Gasteiger partial charge on any atom is 0.313 e. The lowest BCUT2D eigenvalue weighted by Gasteiger charge is -2.02. The molecule has 6 nitrogen and oxygen atoms in total. The van der Waals surface area contributed by atoms with Gasteiger partial charge in [0, 0.05) is 25.6 Å². The number of hydrogen-bond acceptors (Lipinski definition) is 4. The number of hydrogen-bond donors (Lipinski definition) is 1. The van der Waals surface area contributed by atoms with Crippen LogP contribution in [0.15, 0.2) is 29.9 Å². The van der Waals surface area contributed by atoms with Crippen molar-refractivity contribution in [3.8, 4) is 5.69 Å². The first-order chi connectivity index (χ1) is 7.66. The highest BCUT2D eigenvalue weighted by Crippen LogP contribution is 2.19. The molecule has 0 atom stereocenters. The monoisotopic (exact) mass is 238 g/mol. The van der Waals surface area contributed by atoms with Crippen molar-refractivity contribution >= 4 is 17.7 Å². The van der Waals surface area contributed by atoms with Gasteiger partial charge in [-0.05, 0) is 0 Å². The van der Waals surface area contributed by atoms with Gasteiger partial charge in [0.15, 0.2) is 5.16 Å². The Morgan fingerprint density at radius 3 is 3.06 bits per heavy atom. The topological polar surface area (TPSA) is 72.9 Å². The van der Waals surface area contributed by atoms with Crippen LogP contribution in [-0.2, 0) is 11.8 Å². The zero-order chi connectivity index (χ0) is 11.5. The summed E-state index contributed by atoms with van der Waals surface area (Å²) in [5.41, 5.74) is 0.868. The lowest BCUT2D eigenvalue weighted by Crippen LogP contribution is -2.00. The molecule has 0 bridgehead atoms. The van der Waals surface area contributed by atoms with E-state index < -0.39 is 5.97 Å². The van der Waals surface area contributed by atoms with Gasteiger partial charge in [-0.2, -0.15) is 5.10 Å². The molecule has 7 heteroatoms. The number of rotatable bonds is 4. The molecule has 0 spiro atoms. The highest BCUT2D eigenvalue weighted by Gasteiger charge is 2.08. The van der Waals surface area contributed by atoms with Crippen molar-refractivity contribution in [3.05, 3.63) is 24.8 Å². The number of carbonyl (C=O) groups is 1. The minimum atomic E-state index is -0.856. The Balaban J connectivity index is 2.22. The van der Waals surface area contributed by atoms with E-state index in [4.69, 9.17) is 5.11 Å². The van der Waals surface area contributed by atoms with Gasteiger partial charge in [0.25, 0.3) is 0 Å². The van der Waals surface area contributed by atoms with Gasteiger partial charge in [0.05, 0.1) is 17.6 Å². The summed E-state index contributed by atoms with van der Waals surface area (Å²) >= 11 is 1.18. The van der Waals surface area contributed by atoms with Crippen LogP contribution in [0.3, 0.4) is 0 Å². The van der Waals surface area contributed by atoms with Crippen LogP contribution in [0, 0.1) is 0 Å². The quantitative estimate of drug-likeness (QED) is 0.797. The largest absolute Gasteiger partial charge is 0.481 e. The second-order valence-electron chi connectivity index (χ2n) is 3.13. The predicted octanol–water partition coefficient (Wildman–Crippen LogP) is 0.782. The van der Waals surface area contributed by atoms with Crippen LogP contribution in [0.2, 0.25) is 0 Å². The van der Waals surface area contributed by atoms with E-state index in [1.54, 1.807) is 27.8 Å². The molecule has 0 radical (unpaired) electrons. The van der Waals surface area contributed by atoms with Gasteiger partial charge < -0.3 is 5.11 Å². The van der Waals surface area contributed by atoms with Crippen molar-refractivity contribution in [3.63, 3.8) is 0 Å². The van der Waals surface area contributed by atoms with Crippen LogP contribution in [0.4, 0.5) is 0 Å². The molecule has 0 fully saturated rings. The second kappa shape index (κ2) is 4.40. The molecule has 0 unspecified atom stereocenters. The Morgan fingerprint density at radius 2 is 2.44 bits per heavy atom. The summed E-state index contributed by atoms with van der Waals surface area (Å²) in [5.74, 6) is -0.859. The Kier molecular flexibility index (Phi) is 2.95. The molecule has 2 heterocycles. The normalized spacial score (nSPS) is 10.6. The number of aryl methyl sites for hydroxylation is 1. The summed E-state index contributed by atoms with van der Waals surface area (Å²) in [5, 5.41) is 13.3. The Morgan fingerprint density at radius 1 is 1.62 bits per heavy atom. The fourth-order valence-electron chi connectivity index (χ4n) is 1.25. The average Bonchev–Trinajstić information content (AvgIpc) is 2.82. The summed E-state index contributed by atoms with van der Waals surface area (Å²) in [7, 11) is 1.82. The number of carboxylic acids is 1. The van der Waals surface area contributed by atoms with Crippen LogP contribution in [0.1, 0.15) is 0 Å². The Bertz CT molecular complexity index is 505. The molecular weight excluding hydrogens is 228 g/mol. The van der Waals surface area contributed by atoms with E-state index in [0.717, 1.165) is 5.69 Å². The summed E-state index contributed by atoms with van der Waals surface area (Å²) in [6.07, 6.45) is 6.96. The fourth-order valence-corrected chi connectivity index (χ4v) is 1.95. The van der Waals surface area contributed by atoms with Gasteiger partial charge in [-0.1, -0.05) is 11.8 Å². The van der Waals surface area contributed by atoms with E-state index >= 15 is 0 Å². The lowest BCUT2D eigenvalue weighted by molar-refractivity contribution is -0.133. The minimum absolute atomic E-state index is 0.00270. The third-order valence-corrected chi connectivity index (χ3v) is 2.85. The SMILES string of the molecule is Cn1cc(-n2ccnc2SCC(=O)O)cn1. The van der Waals surface area contributed by atoms with E-state index in [1.807, 2.05) is 13.2 Å². The van der Waals surface area contributed by atoms with Crippen LogP contribution in [-0.4, -0.2) is 36.2 Å². The molecule has 0 aliphatic rings. The zero-order valence-electron chi connectivity index (χ0n) is 8.57. The smallest absolute Gasteiger partial charge is 0.313 e. The van der Waals surface area contributed by atoms with Gasteiger partial charge in [-0.25, -0.2) is 4.98 Å². The van der Waals surface area contributed by atoms with Crippen LogP contribution < -0.4 is 0 Å². The summed E-state index contributed by atoms with van der Waals surface area (Å²) < 4.78 is 3.49. The van der Waals surface area contributed by atoms with Gasteiger partial charge in [-0.15, -0.1) is 0 Å². The van der Waals surface area contributed by atoms with E-state index in [-0.39, 0.29) is 5.75 Å². The van der Waals surface area contributed by atoms with Gasteiger partial charge >= 0.3 is 5.97 Å². The van der Waals surface area contributed by atoms with Gasteiger partial charge in [-0.3, -0.25) is 14.0 Å². The fraction of sp³-hybridized carbons (Fsp3) is 0.222. The van der Waals surface area contributed by atoms with Gasteiger partial charge in [0.1, 0.15) is 0 Å². The number of aliphatic carboxylic acids is 1. The maximum absolute atomic E-state index is 10.5. The lowest BCUT2D eigenvalue weighted by atomic mass is 10.5. The van der Waals surface area contributed by atoms with Crippen LogP contribution in [0.25, 0.3) is 5.69 Å².